The highest BCUT2D eigenvalue weighted by Crippen LogP contribution is 2.27. The molecule has 0 unspecified atom stereocenters. The molecule has 2 fully saturated rings. The molecule has 2 aliphatic rings. The molecule has 2 aromatic rings. The predicted molar refractivity (Wildman–Crippen MR) is 99.3 cm³/mol. The van der Waals surface area contributed by atoms with Crippen LogP contribution in [0.25, 0.3) is 0 Å². The molecule has 2 saturated heterocycles. The monoisotopic (exact) mass is 366 g/mol. The van der Waals surface area contributed by atoms with Crippen molar-refractivity contribution in [3.05, 3.63) is 54.1 Å². The second-order valence-electron chi connectivity index (χ2n) is 7.01. The van der Waals surface area contributed by atoms with Crippen molar-refractivity contribution in [2.45, 2.75) is 19.4 Å². The minimum atomic E-state index is -0.0738. The Morgan fingerprint density at radius 2 is 1.89 bits per heavy atom. The lowest BCUT2D eigenvalue weighted by Crippen LogP contribution is -2.49. The van der Waals surface area contributed by atoms with Crippen molar-refractivity contribution < 1.29 is 14.3 Å². The van der Waals surface area contributed by atoms with Gasteiger partial charge >= 0.3 is 0 Å². The molecule has 0 radical (unpaired) electrons. The van der Waals surface area contributed by atoms with Gasteiger partial charge in [0.25, 0.3) is 11.8 Å². The molecular weight excluding hydrogens is 344 g/mol. The van der Waals surface area contributed by atoms with Gasteiger partial charge in [-0.1, -0.05) is 18.2 Å². The van der Waals surface area contributed by atoms with E-state index in [1.54, 1.807) is 24.2 Å². The molecular formula is C20H22N4O3. The second-order valence-corrected chi connectivity index (χ2v) is 7.01. The molecule has 0 N–H and O–H groups in total. The molecule has 1 aromatic heterocycles. The Bertz CT molecular complexity index is 825. The number of amides is 2. The maximum atomic E-state index is 12.8. The lowest BCUT2D eigenvalue weighted by Gasteiger charge is -2.38. The smallest absolute Gasteiger partial charge is 0.257 e. The number of piperidine rings is 1. The summed E-state index contributed by atoms with van der Waals surface area (Å²) in [5, 5.41) is 0. The normalized spacial score (nSPS) is 22.9. The minimum Gasteiger partial charge on any atom is -0.368 e. The Morgan fingerprint density at radius 3 is 2.63 bits per heavy atom. The van der Waals surface area contributed by atoms with Gasteiger partial charge in [0, 0.05) is 43.6 Å². The molecule has 7 heteroatoms. The number of rotatable bonds is 2. The Morgan fingerprint density at radius 1 is 1.15 bits per heavy atom. The van der Waals surface area contributed by atoms with Crippen LogP contribution in [0.3, 0.4) is 0 Å². The first-order chi connectivity index (χ1) is 13.1. The van der Waals surface area contributed by atoms with Crippen LogP contribution in [0.15, 0.2) is 42.7 Å². The van der Waals surface area contributed by atoms with Crippen molar-refractivity contribution in [3.63, 3.8) is 0 Å². The van der Waals surface area contributed by atoms with Gasteiger partial charge in [0.05, 0.1) is 11.7 Å². The van der Waals surface area contributed by atoms with Crippen LogP contribution in [0.2, 0.25) is 0 Å². The third-order valence-corrected chi connectivity index (χ3v) is 5.19. The highest BCUT2D eigenvalue weighted by atomic mass is 16.5. The van der Waals surface area contributed by atoms with E-state index >= 15 is 0 Å². The summed E-state index contributed by atoms with van der Waals surface area (Å²) < 4.78 is 5.87. The number of likely N-dealkylation sites (tertiary alicyclic amines) is 1. The van der Waals surface area contributed by atoms with Gasteiger partial charge in [-0.05, 0) is 25.5 Å². The van der Waals surface area contributed by atoms with E-state index in [4.69, 9.17) is 4.74 Å². The quantitative estimate of drug-likeness (QED) is 0.808. The van der Waals surface area contributed by atoms with Crippen LogP contribution in [-0.4, -0.2) is 59.0 Å². The van der Waals surface area contributed by atoms with Crippen molar-refractivity contribution >= 4 is 17.5 Å². The third-order valence-electron chi connectivity index (χ3n) is 5.19. The number of hydrogen-bond acceptors (Lipinski definition) is 5. The number of carbonyl (C=O) groups excluding carboxylic acids is 2. The van der Waals surface area contributed by atoms with E-state index in [2.05, 4.69) is 9.97 Å². The fraction of sp³-hybridized carbons (Fsp3) is 0.400. The van der Waals surface area contributed by atoms with E-state index in [0.717, 1.165) is 12.1 Å². The number of anilines is 1. The number of nitrogens with zero attached hydrogens (tertiary/aromatic N) is 4. The van der Waals surface area contributed by atoms with Crippen molar-refractivity contribution in [2.24, 2.45) is 5.92 Å². The van der Waals surface area contributed by atoms with Crippen LogP contribution in [0.1, 0.15) is 22.6 Å². The zero-order valence-electron chi connectivity index (χ0n) is 15.2. The van der Waals surface area contributed by atoms with Crippen molar-refractivity contribution in [1.29, 1.82) is 0 Å². The maximum absolute atomic E-state index is 12.8. The Hall–Kier alpha value is -2.80. The predicted octanol–water partition coefficient (Wildman–Crippen LogP) is 1.68. The molecule has 27 heavy (non-hydrogen) atoms. The summed E-state index contributed by atoms with van der Waals surface area (Å²) in [6.07, 6.45) is 3.85. The van der Waals surface area contributed by atoms with Gasteiger partial charge in [-0.15, -0.1) is 0 Å². The lowest BCUT2D eigenvalue weighted by molar-refractivity contribution is -0.124. The topological polar surface area (TPSA) is 75.6 Å². The van der Waals surface area contributed by atoms with Crippen molar-refractivity contribution in [1.82, 2.24) is 14.9 Å². The zero-order chi connectivity index (χ0) is 18.8. The number of fused-ring (bicyclic) bond motifs is 1. The summed E-state index contributed by atoms with van der Waals surface area (Å²) in [4.78, 5) is 37.2. The molecule has 0 aliphatic carbocycles. The Kier molecular flexibility index (Phi) is 4.85. The van der Waals surface area contributed by atoms with Crippen LogP contribution < -0.4 is 4.90 Å². The van der Waals surface area contributed by atoms with E-state index in [0.29, 0.717) is 31.0 Å². The first-order valence-electron chi connectivity index (χ1n) is 9.17. The van der Waals surface area contributed by atoms with Crippen LogP contribution >= 0.6 is 0 Å². The van der Waals surface area contributed by atoms with Crippen LogP contribution in [0, 0.1) is 12.8 Å². The van der Waals surface area contributed by atoms with Crippen molar-refractivity contribution in [3.8, 4) is 0 Å². The Labute approximate surface area is 158 Å². The van der Waals surface area contributed by atoms with E-state index < -0.39 is 0 Å². The van der Waals surface area contributed by atoms with Crippen LogP contribution in [-0.2, 0) is 9.53 Å². The first kappa shape index (κ1) is 17.6. The van der Waals surface area contributed by atoms with E-state index in [9.17, 15) is 9.59 Å². The highest BCUT2D eigenvalue weighted by Gasteiger charge is 2.37. The number of carbonyl (C=O) groups is 2. The van der Waals surface area contributed by atoms with Crippen LogP contribution in [0.4, 0.5) is 5.69 Å². The van der Waals surface area contributed by atoms with Gasteiger partial charge in [0.2, 0.25) is 0 Å². The lowest BCUT2D eigenvalue weighted by atomic mass is 9.93. The van der Waals surface area contributed by atoms with Gasteiger partial charge in [-0.2, -0.15) is 0 Å². The summed E-state index contributed by atoms with van der Waals surface area (Å²) in [5.41, 5.74) is 1.35. The molecule has 0 bridgehead atoms. The molecule has 0 saturated carbocycles. The largest absolute Gasteiger partial charge is 0.368 e. The molecule has 140 valence electrons. The van der Waals surface area contributed by atoms with Crippen LogP contribution in [0.5, 0.6) is 0 Å². The van der Waals surface area contributed by atoms with E-state index in [1.807, 2.05) is 35.2 Å². The molecule has 0 spiro atoms. The minimum absolute atomic E-state index is 0.0130. The summed E-state index contributed by atoms with van der Waals surface area (Å²) in [6, 6.07) is 9.61. The molecule has 2 aliphatic heterocycles. The van der Waals surface area contributed by atoms with Gasteiger partial charge < -0.3 is 14.5 Å². The summed E-state index contributed by atoms with van der Waals surface area (Å²) >= 11 is 0. The van der Waals surface area contributed by atoms with Gasteiger partial charge in [-0.25, -0.2) is 9.97 Å². The molecule has 4 rings (SSSR count). The summed E-state index contributed by atoms with van der Waals surface area (Å²) in [5.74, 6) is 0.593. The van der Waals surface area contributed by atoms with Gasteiger partial charge in [0.1, 0.15) is 12.4 Å². The fourth-order valence-corrected chi connectivity index (χ4v) is 3.73. The average Bonchev–Trinajstić information content (AvgIpc) is 2.87. The standard InChI is InChI=1S/C20H22N4O3/c1-14-21-9-15(10-22-14)20(26)23-8-7-18-16(11-23)12-24(19(25)13-27-18)17-5-3-2-4-6-17/h2-6,9-10,16,18H,7-8,11-13H2,1H3/t16-,18+/m1/s1. The number of aromatic nitrogens is 2. The molecule has 7 nitrogen and oxygen atoms in total. The van der Waals surface area contributed by atoms with Gasteiger partial charge in [-0.3, -0.25) is 9.59 Å². The third kappa shape index (κ3) is 3.68. The van der Waals surface area contributed by atoms with Gasteiger partial charge in [0.15, 0.2) is 0 Å². The fourth-order valence-electron chi connectivity index (χ4n) is 3.73. The highest BCUT2D eigenvalue weighted by molar-refractivity contribution is 5.95. The van der Waals surface area contributed by atoms with E-state index in [1.165, 1.54) is 0 Å². The number of benzene rings is 1. The molecule has 2 atom stereocenters. The number of para-hydroxylation sites is 1. The number of hydrogen-bond donors (Lipinski definition) is 0. The van der Waals surface area contributed by atoms with E-state index in [-0.39, 0.29) is 30.4 Å². The molecule has 3 heterocycles. The zero-order valence-corrected chi connectivity index (χ0v) is 15.2. The first-order valence-corrected chi connectivity index (χ1v) is 9.17. The summed E-state index contributed by atoms with van der Waals surface area (Å²) in [6.45, 7) is 3.57. The maximum Gasteiger partial charge on any atom is 0.257 e. The van der Waals surface area contributed by atoms with Crippen molar-refractivity contribution in [2.75, 3.05) is 31.1 Å². The SMILES string of the molecule is Cc1ncc(C(=O)N2CC[C@@H]3OCC(=O)N(c4ccccc4)C[C@H]3C2)cn1. The molecule has 1 aromatic carbocycles. The number of ether oxygens (including phenoxy) is 1. The Balaban J connectivity index is 1.51. The summed E-state index contributed by atoms with van der Waals surface area (Å²) in [7, 11) is 0. The average molecular weight is 366 g/mol. The second kappa shape index (κ2) is 7.44. The number of aryl methyl sites for hydroxylation is 1. The molecule has 2 amide bonds.